The van der Waals surface area contributed by atoms with E-state index in [0.717, 1.165) is 37.5 Å². The summed E-state index contributed by atoms with van der Waals surface area (Å²) in [7, 11) is 0. The topological polar surface area (TPSA) is 37.3 Å². The van der Waals surface area contributed by atoms with Gasteiger partial charge in [-0.05, 0) is 24.1 Å². The molecule has 1 aromatic heterocycles. The van der Waals surface area contributed by atoms with Crippen molar-refractivity contribution in [1.29, 1.82) is 0 Å². The van der Waals surface area contributed by atoms with Gasteiger partial charge in [-0.25, -0.2) is 0 Å². The number of rotatable bonds is 3. The van der Waals surface area contributed by atoms with Crippen molar-refractivity contribution in [1.82, 2.24) is 10.3 Å². The molecule has 0 fully saturated rings. The van der Waals surface area contributed by atoms with E-state index in [-0.39, 0.29) is 0 Å². The number of amidine groups is 1. The third-order valence-electron chi connectivity index (χ3n) is 3.28. The quantitative estimate of drug-likeness (QED) is 0.910. The number of hydrogen-bond acceptors (Lipinski definition) is 3. The van der Waals surface area contributed by atoms with Crippen LogP contribution < -0.4 is 5.32 Å². The average molecular weight is 251 g/mol. The number of pyridine rings is 1. The monoisotopic (exact) mass is 251 g/mol. The number of nitrogens with one attached hydrogen (secondary N) is 1. The normalized spacial score (nSPS) is 14.6. The average Bonchev–Trinajstić information content (AvgIpc) is 2.50. The zero-order chi connectivity index (χ0) is 12.9. The molecule has 3 rings (SSSR count). The highest BCUT2D eigenvalue weighted by atomic mass is 15.0. The van der Waals surface area contributed by atoms with Crippen LogP contribution >= 0.6 is 0 Å². The van der Waals surface area contributed by atoms with Gasteiger partial charge < -0.3 is 5.32 Å². The van der Waals surface area contributed by atoms with E-state index in [1.165, 1.54) is 11.1 Å². The van der Waals surface area contributed by atoms with Crippen LogP contribution in [0, 0.1) is 0 Å². The van der Waals surface area contributed by atoms with Gasteiger partial charge in [-0.3, -0.25) is 9.98 Å². The maximum absolute atomic E-state index is 4.54. The van der Waals surface area contributed by atoms with Crippen LogP contribution in [0.5, 0.6) is 0 Å². The van der Waals surface area contributed by atoms with E-state index in [1.807, 2.05) is 18.3 Å². The van der Waals surface area contributed by atoms with Crippen molar-refractivity contribution < 1.29 is 0 Å². The van der Waals surface area contributed by atoms with Crippen molar-refractivity contribution in [2.75, 3.05) is 13.1 Å². The third-order valence-corrected chi connectivity index (χ3v) is 3.28. The summed E-state index contributed by atoms with van der Waals surface area (Å²) in [6.45, 7) is 1.97. The Morgan fingerprint density at radius 3 is 2.74 bits per heavy atom. The van der Waals surface area contributed by atoms with Crippen LogP contribution in [0.25, 0.3) is 11.3 Å². The second kappa shape index (κ2) is 5.65. The zero-order valence-electron chi connectivity index (χ0n) is 10.8. The Morgan fingerprint density at radius 2 is 1.95 bits per heavy atom. The van der Waals surface area contributed by atoms with Crippen molar-refractivity contribution in [2.24, 2.45) is 4.99 Å². The van der Waals surface area contributed by atoms with Gasteiger partial charge in [0.25, 0.3) is 0 Å². The molecule has 3 nitrogen and oxygen atoms in total. The van der Waals surface area contributed by atoms with Gasteiger partial charge in [-0.1, -0.05) is 30.3 Å². The van der Waals surface area contributed by atoms with Crippen LogP contribution in [-0.2, 0) is 6.42 Å². The number of benzene rings is 1. The molecule has 0 aliphatic carbocycles. The summed E-state index contributed by atoms with van der Waals surface area (Å²) in [4.78, 5) is 8.99. The lowest BCUT2D eigenvalue weighted by Crippen LogP contribution is -2.31. The first-order valence-electron chi connectivity index (χ1n) is 6.70. The molecular weight excluding hydrogens is 234 g/mol. The van der Waals surface area contributed by atoms with Crippen molar-refractivity contribution in [3.8, 4) is 11.3 Å². The Bertz CT molecular complexity index is 576. The van der Waals surface area contributed by atoms with E-state index in [0.29, 0.717) is 0 Å². The van der Waals surface area contributed by atoms with Crippen molar-refractivity contribution in [3.05, 3.63) is 54.2 Å². The lowest BCUT2D eigenvalue weighted by atomic mass is 10.0. The van der Waals surface area contributed by atoms with Gasteiger partial charge in [0.05, 0.1) is 5.69 Å². The fourth-order valence-electron chi connectivity index (χ4n) is 2.33. The smallest absolute Gasteiger partial charge is 0.101 e. The van der Waals surface area contributed by atoms with E-state index < -0.39 is 0 Å². The minimum atomic E-state index is 0.854. The molecule has 19 heavy (non-hydrogen) atoms. The largest absolute Gasteiger partial charge is 0.373 e. The number of nitrogens with zero attached hydrogens (tertiary/aromatic N) is 2. The molecule has 0 spiro atoms. The van der Waals surface area contributed by atoms with E-state index in [4.69, 9.17) is 0 Å². The predicted molar refractivity (Wildman–Crippen MR) is 78.3 cm³/mol. The summed E-state index contributed by atoms with van der Waals surface area (Å²) >= 11 is 0. The number of hydrogen-bond donors (Lipinski definition) is 1. The van der Waals surface area contributed by atoms with E-state index in [9.17, 15) is 0 Å². The highest BCUT2D eigenvalue weighted by molar-refractivity contribution is 5.86. The maximum atomic E-state index is 4.54. The molecule has 0 atom stereocenters. The summed E-state index contributed by atoms with van der Waals surface area (Å²) < 4.78 is 0. The minimum absolute atomic E-state index is 0.854. The Kier molecular flexibility index (Phi) is 3.54. The van der Waals surface area contributed by atoms with Crippen LogP contribution in [0.2, 0.25) is 0 Å². The summed E-state index contributed by atoms with van der Waals surface area (Å²) in [5.74, 6) is 1.09. The summed E-state index contributed by atoms with van der Waals surface area (Å²) in [5, 5.41) is 3.38. The number of aromatic nitrogens is 1. The van der Waals surface area contributed by atoms with Gasteiger partial charge in [0.1, 0.15) is 5.84 Å². The Balaban J connectivity index is 1.91. The fourth-order valence-corrected chi connectivity index (χ4v) is 2.33. The molecule has 0 saturated carbocycles. The molecule has 1 N–H and O–H groups in total. The summed E-state index contributed by atoms with van der Waals surface area (Å²) in [6.07, 6.45) is 3.82. The van der Waals surface area contributed by atoms with Crippen molar-refractivity contribution in [2.45, 2.75) is 12.8 Å². The fraction of sp³-hybridized carbons (Fsp3) is 0.250. The molecule has 1 aliphatic heterocycles. The number of aliphatic imine (C=N–C) groups is 1. The van der Waals surface area contributed by atoms with Crippen LogP contribution in [-0.4, -0.2) is 23.9 Å². The Morgan fingerprint density at radius 1 is 1.05 bits per heavy atom. The van der Waals surface area contributed by atoms with Gasteiger partial charge in [-0.2, -0.15) is 0 Å². The van der Waals surface area contributed by atoms with Crippen LogP contribution in [0.1, 0.15) is 12.0 Å². The van der Waals surface area contributed by atoms with Crippen molar-refractivity contribution >= 4 is 5.84 Å². The van der Waals surface area contributed by atoms with Gasteiger partial charge in [-0.15, -0.1) is 0 Å². The summed E-state index contributed by atoms with van der Waals surface area (Å²) in [6, 6.07) is 14.4. The van der Waals surface area contributed by atoms with Gasteiger partial charge in [0, 0.05) is 31.3 Å². The Labute approximate surface area is 113 Å². The molecule has 2 heterocycles. The molecule has 0 radical (unpaired) electrons. The van der Waals surface area contributed by atoms with Gasteiger partial charge >= 0.3 is 0 Å². The van der Waals surface area contributed by atoms with Crippen LogP contribution in [0.15, 0.2) is 53.7 Å². The Hall–Kier alpha value is -2.16. The van der Waals surface area contributed by atoms with Gasteiger partial charge in [0.15, 0.2) is 0 Å². The zero-order valence-corrected chi connectivity index (χ0v) is 10.8. The van der Waals surface area contributed by atoms with E-state index >= 15 is 0 Å². The molecule has 0 saturated heterocycles. The highest BCUT2D eigenvalue weighted by Gasteiger charge is 2.10. The molecule has 0 amide bonds. The van der Waals surface area contributed by atoms with Crippen molar-refractivity contribution in [3.63, 3.8) is 0 Å². The molecule has 96 valence electrons. The van der Waals surface area contributed by atoms with Crippen LogP contribution in [0.3, 0.4) is 0 Å². The second-order valence-electron chi connectivity index (χ2n) is 4.66. The third kappa shape index (κ3) is 2.81. The maximum Gasteiger partial charge on any atom is 0.101 e. The van der Waals surface area contributed by atoms with Crippen LogP contribution in [0.4, 0.5) is 0 Å². The first-order valence-corrected chi connectivity index (χ1v) is 6.70. The lowest BCUT2D eigenvalue weighted by molar-refractivity contribution is 0.731. The van der Waals surface area contributed by atoms with E-state index in [1.54, 1.807) is 0 Å². The highest BCUT2D eigenvalue weighted by Crippen LogP contribution is 2.22. The predicted octanol–water partition coefficient (Wildman–Crippen LogP) is 2.68. The first kappa shape index (κ1) is 11.9. The molecule has 1 aliphatic rings. The first-order chi connectivity index (χ1) is 9.43. The minimum Gasteiger partial charge on any atom is -0.373 e. The molecule has 1 aromatic carbocycles. The standard InChI is InChI=1S/C16H17N3/c1-2-7-14(15-8-3-4-9-17-15)13(6-1)12-16-18-10-5-11-19-16/h1-4,6-9H,5,10-12H2,(H,18,19). The van der Waals surface area contributed by atoms with E-state index in [2.05, 4.69) is 45.6 Å². The van der Waals surface area contributed by atoms with Gasteiger partial charge in [0.2, 0.25) is 0 Å². The molecule has 0 unspecified atom stereocenters. The molecule has 2 aromatic rings. The SMILES string of the molecule is c1ccc(-c2ccccc2CC2=NCCCN2)nc1. The lowest BCUT2D eigenvalue weighted by Gasteiger charge is -2.16. The molecule has 0 bridgehead atoms. The molecule has 3 heteroatoms. The molecular formula is C16H17N3. The summed E-state index contributed by atoms with van der Waals surface area (Å²) in [5.41, 5.74) is 3.49. The second-order valence-corrected chi connectivity index (χ2v) is 4.66.